The molecule has 0 bridgehead atoms. The van der Waals surface area contributed by atoms with Gasteiger partial charge in [-0.25, -0.2) is 5.01 Å². The van der Waals surface area contributed by atoms with Gasteiger partial charge in [0.05, 0.1) is 0 Å². The molecule has 0 aromatic carbocycles. The summed E-state index contributed by atoms with van der Waals surface area (Å²) in [6.45, 7) is 0. The molecule has 0 fully saturated rings. The lowest BCUT2D eigenvalue weighted by Gasteiger charge is -2.19. The van der Waals surface area contributed by atoms with E-state index in [1.54, 1.807) is 5.01 Å². The second kappa shape index (κ2) is 2.80. The molecular formula is C7H12N2. The van der Waals surface area contributed by atoms with Crippen molar-refractivity contribution in [1.29, 1.82) is 0 Å². The number of likely N-dealkylation sites (N-methyl/N-ethyl adjacent to an activating group) is 1. The first kappa shape index (κ1) is 6.52. The van der Waals surface area contributed by atoms with Gasteiger partial charge < -0.3 is 0 Å². The van der Waals surface area contributed by atoms with E-state index in [-0.39, 0.29) is 0 Å². The van der Waals surface area contributed by atoms with Gasteiger partial charge in [0, 0.05) is 13.1 Å². The lowest BCUT2D eigenvalue weighted by atomic mass is 10.1. The summed E-state index contributed by atoms with van der Waals surface area (Å²) in [4.78, 5) is 0. The molecule has 1 rings (SSSR count). The normalized spacial score (nSPS) is 25.4. The molecular weight excluding hydrogens is 112 g/mol. The van der Waals surface area contributed by atoms with Crippen LogP contribution < -0.4 is 5.84 Å². The zero-order valence-corrected chi connectivity index (χ0v) is 5.62. The molecule has 1 aliphatic rings. The van der Waals surface area contributed by atoms with Gasteiger partial charge in [-0.3, -0.25) is 5.84 Å². The first-order valence-corrected chi connectivity index (χ1v) is 3.11. The number of hydrogen-bond acceptors (Lipinski definition) is 2. The van der Waals surface area contributed by atoms with Gasteiger partial charge in [0.25, 0.3) is 0 Å². The van der Waals surface area contributed by atoms with Crippen LogP contribution in [0.4, 0.5) is 0 Å². The standard InChI is InChI=1S/C7H12N2/c1-9(8)7-5-3-2-4-6-7/h2-5,7H,6,8H2,1H3. The van der Waals surface area contributed by atoms with E-state index in [2.05, 4.69) is 12.2 Å². The van der Waals surface area contributed by atoms with E-state index in [1.165, 1.54) is 0 Å². The molecule has 1 unspecified atom stereocenters. The molecule has 0 aromatic heterocycles. The Labute approximate surface area is 55.6 Å². The van der Waals surface area contributed by atoms with Gasteiger partial charge in [0.2, 0.25) is 0 Å². The predicted octanol–water partition coefficient (Wildman–Crippen LogP) is 0.677. The van der Waals surface area contributed by atoms with Gasteiger partial charge in [0.15, 0.2) is 0 Å². The van der Waals surface area contributed by atoms with E-state index >= 15 is 0 Å². The zero-order valence-electron chi connectivity index (χ0n) is 5.62. The Morgan fingerprint density at radius 2 is 2.33 bits per heavy atom. The Morgan fingerprint density at radius 3 is 2.67 bits per heavy atom. The molecule has 1 aliphatic carbocycles. The minimum absolute atomic E-state index is 0.398. The van der Waals surface area contributed by atoms with Crippen LogP contribution in [0, 0.1) is 0 Å². The lowest BCUT2D eigenvalue weighted by molar-refractivity contribution is 0.292. The highest BCUT2D eigenvalue weighted by atomic mass is 15.4. The monoisotopic (exact) mass is 124 g/mol. The van der Waals surface area contributed by atoms with Gasteiger partial charge in [-0.1, -0.05) is 24.3 Å². The maximum atomic E-state index is 5.52. The number of allylic oxidation sites excluding steroid dienone is 2. The Hall–Kier alpha value is -0.600. The largest absolute Gasteiger partial charge is 0.268 e. The van der Waals surface area contributed by atoms with Gasteiger partial charge in [-0.2, -0.15) is 0 Å². The second-order valence-electron chi connectivity index (χ2n) is 2.28. The highest BCUT2D eigenvalue weighted by Crippen LogP contribution is 2.05. The first-order chi connectivity index (χ1) is 4.30. The van der Waals surface area contributed by atoms with Gasteiger partial charge in [-0.05, 0) is 6.42 Å². The average molecular weight is 124 g/mol. The van der Waals surface area contributed by atoms with Crippen molar-refractivity contribution in [3.8, 4) is 0 Å². The highest BCUT2D eigenvalue weighted by Gasteiger charge is 2.05. The van der Waals surface area contributed by atoms with Gasteiger partial charge >= 0.3 is 0 Å². The van der Waals surface area contributed by atoms with Crippen LogP contribution in [0.2, 0.25) is 0 Å². The molecule has 0 amide bonds. The van der Waals surface area contributed by atoms with Crippen molar-refractivity contribution in [1.82, 2.24) is 5.01 Å². The third kappa shape index (κ3) is 1.66. The Morgan fingerprint density at radius 1 is 1.56 bits per heavy atom. The highest BCUT2D eigenvalue weighted by molar-refractivity contribution is 5.13. The van der Waals surface area contributed by atoms with Crippen LogP contribution in [0.1, 0.15) is 6.42 Å². The van der Waals surface area contributed by atoms with Gasteiger partial charge in [0.1, 0.15) is 0 Å². The number of rotatable bonds is 1. The average Bonchev–Trinajstić information content (AvgIpc) is 1.90. The van der Waals surface area contributed by atoms with Crippen LogP contribution in [0.5, 0.6) is 0 Å². The fourth-order valence-corrected chi connectivity index (χ4v) is 0.870. The fraction of sp³-hybridized carbons (Fsp3) is 0.429. The lowest BCUT2D eigenvalue weighted by Crippen LogP contribution is -2.36. The Bertz CT molecular complexity index is 136. The van der Waals surface area contributed by atoms with Crippen LogP contribution in [0.15, 0.2) is 24.3 Å². The van der Waals surface area contributed by atoms with E-state index in [0.717, 1.165) is 6.42 Å². The molecule has 1 atom stereocenters. The van der Waals surface area contributed by atoms with Crippen molar-refractivity contribution in [2.24, 2.45) is 5.84 Å². The van der Waals surface area contributed by atoms with Crippen LogP contribution in [0.25, 0.3) is 0 Å². The molecule has 2 nitrogen and oxygen atoms in total. The minimum atomic E-state index is 0.398. The quantitative estimate of drug-likeness (QED) is 0.411. The SMILES string of the molecule is CN(N)C1C=CC=CC1. The molecule has 0 radical (unpaired) electrons. The van der Waals surface area contributed by atoms with Crippen molar-refractivity contribution >= 4 is 0 Å². The van der Waals surface area contributed by atoms with E-state index in [9.17, 15) is 0 Å². The van der Waals surface area contributed by atoms with E-state index in [1.807, 2.05) is 19.2 Å². The van der Waals surface area contributed by atoms with Crippen LogP contribution >= 0.6 is 0 Å². The van der Waals surface area contributed by atoms with Crippen LogP contribution in [-0.2, 0) is 0 Å². The third-order valence-electron chi connectivity index (χ3n) is 1.48. The molecule has 50 valence electrons. The smallest absolute Gasteiger partial charge is 0.0455 e. The maximum Gasteiger partial charge on any atom is 0.0455 e. The van der Waals surface area contributed by atoms with E-state index in [4.69, 9.17) is 5.84 Å². The molecule has 0 saturated carbocycles. The molecule has 9 heavy (non-hydrogen) atoms. The summed E-state index contributed by atoms with van der Waals surface area (Å²) in [6.07, 6.45) is 9.31. The summed E-state index contributed by atoms with van der Waals surface area (Å²) in [7, 11) is 1.88. The molecule has 0 saturated heterocycles. The van der Waals surface area contributed by atoms with E-state index < -0.39 is 0 Å². The molecule has 2 N–H and O–H groups in total. The third-order valence-corrected chi connectivity index (χ3v) is 1.48. The number of nitrogens with two attached hydrogens (primary N) is 1. The first-order valence-electron chi connectivity index (χ1n) is 3.11. The summed E-state index contributed by atoms with van der Waals surface area (Å²) in [5.41, 5.74) is 0. The topological polar surface area (TPSA) is 29.3 Å². The van der Waals surface area contributed by atoms with Crippen molar-refractivity contribution in [2.75, 3.05) is 7.05 Å². The van der Waals surface area contributed by atoms with Crippen molar-refractivity contribution in [2.45, 2.75) is 12.5 Å². The number of hydrazine groups is 1. The van der Waals surface area contributed by atoms with E-state index in [0.29, 0.717) is 6.04 Å². The summed E-state index contributed by atoms with van der Waals surface area (Å²) in [5, 5.41) is 1.72. The van der Waals surface area contributed by atoms with Gasteiger partial charge in [-0.15, -0.1) is 0 Å². The zero-order chi connectivity index (χ0) is 6.69. The Kier molecular flexibility index (Phi) is 2.03. The summed E-state index contributed by atoms with van der Waals surface area (Å²) in [6, 6.07) is 0.398. The van der Waals surface area contributed by atoms with Crippen molar-refractivity contribution in [3.05, 3.63) is 24.3 Å². The van der Waals surface area contributed by atoms with Crippen LogP contribution in [0.3, 0.4) is 0 Å². The number of nitrogens with zero attached hydrogens (tertiary/aromatic N) is 1. The molecule has 0 aromatic rings. The molecule has 2 heteroatoms. The van der Waals surface area contributed by atoms with Crippen molar-refractivity contribution in [3.63, 3.8) is 0 Å². The maximum absolute atomic E-state index is 5.52. The fourth-order valence-electron chi connectivity index (χ4n) is 0.870. The predicted molar refractivity (Wildman–Crippen MR) is 38.6 cm³/mol. The summed E-state index contributed by atoms with van der Waals surface area (Å²) >= 11 is 0. The number of hydrogen-bond donors (Lipinski definition) is 1. The van der Waals surface area contributed by atoms with Crippen LogP contribution in [-0.4, -0.2) is 18.1 Å². The molecule has 0 aliphatic heterocycles. The summed E-state index contributed by atoms with van der Waals surface area (Å²) in [5.74, 6) is 5.52. The molecule has 0 heterocycles. The van der Waals surface area contributed by atoms with Crippen molar-refractivity contribution < 1.29 is 0 Å². The minimum Gasteiger partial charge on any atom is -0.268 e. The molecule has 0 spiro atoms. The summed E-state index contributed by atoms with van der Waals surface area (Å²) < 4.78 is 0. The second-order valence-corrected chi connectivity index (χ2v) is 2.28. The Balaban J connectivity index is 2.46.